The number of nitrogens with zero attached hydrogens (tertiary/aromatic N) is 4. The zero-order chi connectivity index (χ0) is 36.5. The molecule has 10 N–H and O–H groups in total. The van der Waals surface area contributed by atoms with Crippen molar-refractivity contribution < 1.29 is 28.8 Å². The van der Waals surface area contributed by atoms with Gasteiger partial charge in [-0.25, -0.2) is 0 Å². The number of anilines is 4. The van der Waals surface area contributed by atoms with E-state index in [-0.39, 0.29) is 36.7 Å². The van der Waals surface area contributed by atoms with Crippen molar-refractivity contribution in [1.82, 2.24) is 28.9 Å². The fourth-order valence-electron chi connectivity index (χ4n) is 5.08. The fraction of sp³-hybridized carbons (Fsp3) is 0.312. The molecule has 0 saturated carbocycles. The molecule has 0 unspecified atom stereocenters. The van der Waals surface area contributed by atoms with Gasteiger partial charge in [0.05, 0.1) is 35.8 Å². The second-order valence-electron chi connectivity index (χ2n) is 11.5. The molecule has 50 heavy (non-hydrogen) atoms. The van der Waals surface area contributed by atoms with Crippen molar-refractivity contribution >= 4 is 58.2 Å². The topological polar surface area (TPSA) is 246 Å². The first kappa shape index (κ1) is 36.7. The Labute approximate surface area is 287 Å². The third-order valence-electron chi connectivity index (χ3n) is 7.58. The van der Waals surface area contributed by atoms with Gasteiger partial charge in [-0.3, -0.25) is 28.8 Å². The lowest BCUT2D eigenvalue weighted by Crippen LogP contribution is -2.28. The molecule has 18 heteroatoms. The van der Waals surface area contributed by atoms with Gasteiger partial charge in [-0.1, -0.05) is 0 Å². The van der Waals surface area contributed by atoms with E-state index in [0.29, 0.717) is 71.5 Å². The van der Waals surface area contributed by atoms with Crippen LogP contribution in [-0.4, -0.2) is 79.9 Å². The van der Waals surface area contributed by atoms with Gasteiger partial charge < -0.3 is 61.6 Å². The summed E-state index contributed by atoms with van der Waals surface area (Å²) >= 11 is 0. The summed E-state index contributed by atoms with van der Waals surface area (Å²) in [5.74, 6) is -2.26. The molecule has 0 aliphatic carbocycles. The van der Waals surface area contributed by atoms with Gasteiger partial charge in [-0.2, -0.15) is 0 Å². The molecule has 0 spiro atoms. The number of aromatic nitrogens is 4. The van der Waals surface area contributed by atoms with Crippen LogP contribution in [0.3, 0.4) is 0 Å². The third kappa shape index (κ3) is 9.26. The molecule has 0 saturated heterocycles. The number of carbonyl (C=O) groups excluding carboxylic acids is 6. The van der Waals surface area contributed by atoms with Crippen molar-refractivity contribution in [1.29, 1.82) is 0 Å². The lowest BCUT2D eigenvalue weighted by Gasteiger charge is -2.07. The second-order valence-corrected chi connectivity index (χ2v) is 11.5. The molecule has 6 amide bonds. The summed E-state index contributed by atoms with van der Waals surface area (Å²) in [5, 5.41) is 16.4. The van der Waals surface area contributed by atoms with E-state index >= 15 is 0 Å². The first-order valence-electron chi connectivity index (χ1n) is 15.6. The average molecular weight is 691 g/mol. The summed E-state index contributed by atoms with van der Waals surface area (Å²) in [6.45, 7) is 0.360. The maximum absolute atomic E-state index is 12.8. The van der Waals surface area contributed by atoms with Gasteiger partial charge in [-0.05, 0) is 37.1 Å². The van der Waals surface area contributed by atoms with Crippen molar-refractivity contribution in [3.05, 3.63) is 71.8 Å². The van der Waals surface area contributed by atoms with Crippen LogP contribution in [0, 0.1) is 0 Å². The van der Waals surface area contributed by atoms with Crippen molar-refractivity contribution in [3.63, 3.8) is 0 Å². The summed E-state index contributed by atoms with van der Waals surface area (Å²) in [6.07, 6.45) is 7.60. The average Bonchev–Trinajstić information content (AvgIpc) is 3.83. The van der Waals surface area contributed by atoms with Crippen LogP contribution in [0.4, 0.5) is 22.7 Å². The Morgan fingerprint density at radius 2 is 0.760 bits per heavy atom. The molecule has 0 aliphatic rings. The molecule has 4 aromatic rings. The van der Waals surface area contributed by atoms with Crippen LogP contribution in [-0.2, 0) is 37.8 Å². The number of hydrogen-bond acceptors (Lipinski definition) is 8. The van der Waals surface area contributed by atoms with E-state index in [1.54, 1.807) is 83.4 Å². The van der Waals surface area contributed by atoms with Crippen LogP contribution in [0.25, 0.3) is 0 Å². The number of carbonyl (C=O) groups is 6. The Kier molecular flexibility index (Phi) is 12.0. The van der Waals surface area contributed by atoms with Crippen molar-refractivity contribution in [2.75, 3.05) is 47.4 Å². The highest BCUT2D eigenvalue weighted by Gasteiger charge is 2.18. The molecule has 0 radical (unpaired) electrons. The number of rotatable bonds is 15. The Morgan fingerprint density at radius 3 is 1.06 bits per heavy atom. The van der Waals surface area contributed by atoms with E-state index in [0.717, 1.165) is 0 Å². The van der Waals surface area contributed by atoms with Gasteiger partial charge in [0, 0.05) is 66.1 Å². The van der Waals surface area contributed by atoms with Crippen LogP contribution in [0.1, 0.15) is 54.8 Å². The summed E-state index contributed by atoms with van der Waals surface area (Å²) in [6, 6.07) is 6.17. The van der Waals surface area contributed by atoms with E-state index in [1.165, 1.54) is 12.1 Å². The number of amides is 6. The van der Waals surface area contributed by atoms with Crippen molar-refractivity contribution in [2.45, 2.75) is 12.8 Å². The molecular weight excluding hydrogens is 648 g/mol. The fourth-order valence-corrected chi connectivity index (χ4v) is 5.08. The number of aryl methyl sites for hydroxylation is 4. The lowest BCUT2D eigenvalue weighted by molar-refractivity contribution is -0.115. The van der Waals surface area contributed by atoms with Crippen LogP contribution in [0.5, 0.6) is 0 Å². The summed E-state index contributed by atoms with van der Waals surface area (Å²) in [5.41, 5.74) is 13.7. The SMILES string of the molecule is Cn1cc(NC(=O)c2cc(NC(=O)CN)cn2C)cc1C(=O)NCCCCNC(=O)c1cc(NC(=O)c2cc(NC(=O)CN)cn2C)cn1C. The summed E-state index contributed by atoms with van der Waals surface area (Å²) < 4.78 is 6.32. The quantitative estimate of drug-likeness (QED) is 0.0803. The standard InChI is InChI=1S/C32H42N12O6/c1-41-17-21(39-31(49)25-9-19(15-43(25)3)37-27(45)13-33)11-23(41)29(47)35-7-5-6-8-36-30(48)24-12-22(18-42(24)2)40-32(50)26-10-20(16-44(26)4)38-28(46)14-34/h9-12,15-18H,5-8,13-14,33-34H2,1-4H3,(H,35,47)(H,36,48)(H,37,45)(H,38,46)(H,39,49)(H,40,50). The minimum atomic E-state index is -0.422. The van der Waals surface area contributed by atoms with Gasteiger partial charge in [0.2, 0.25) is 11.8 Å². The Hall–Kier alpha value is -6.14. The predicted molar refractivity (Wildman–Crippen MR) is 187 cm³/mol. The Morgan fingerprint density at radius 1 is 0.480 bits per heavy atom. The first-order valence-corrected chi connectivity index (χ1v) is 15.6. The van der Waals surface area contributed by atoms with E-state index in [9.17, 15) is 28.8 Å². The smallest absolute Gasteiger partial charge is 0.272 e. The van der Waals surface area contributed by atoms with Crippen LogP contribution in [0.15, 0.2) is 49.1 Å². The number of nitrogens with one attached hydrogen (secondary N) is 6. The molecular formula is C32H42N12O6. The van der Waals surface area contributed by atoms with Gasteiger partial charge in [-0.15, -0.1) is 0 Å². The van der Waals surface area contributed by atoms with E-state index < -0.39 is 11.8 Å². The minimum absolute atomic E-state index is 0.181. The van der Waals surface area contributed by atoms with Gasteiger partial charge in [0.1, 0.15) is 22.8 Å². The number of unbranched alkanes of at least 4 members (excludes halogenated alkanes) is 1. The normalized spacial score (nSPS) is 10.8. The number of nitrogens with two attached hydrogens (primary N) is 2. The molecule has 0 aromatic carbocycles. The van der Waals surface area contributed by atoms with Crippen molar-refractivity contribution in [2.24, 2.45) is 39.7 Å². The maximum Gasteiger partial charge on any atom is 0.272 e. The van der Waals surface area contributed by atoms with Crippen molar-refractivity contribution in [3.8, 4) is 0 Å². The largest absolute Gasteiger partial charge is 0.351 e. The molecule has 4 aromatic heterocycles. The zero-order valence-corrected chi connectivity index (χ0v) is 28.3. The highest BCUT2D eigenvalue weighted by Crippen LogP contribution is 2.19. The highest BCUT2D eigenvalue weighted by atomic mass is 16.2. The molecule has 0 atom stereocenters. The third-order valence-corrected chi connectivity index (χ3v) is 7.58. The second kappa shape index (κ2) is 16.3. The van der Waals surface area contributed by atoms with E-state index in [1.807, 2.05) is 0 Å². The predicted octanol–water partition coefficient (Wildman–Crippen LogP) is 0.280. The highest BCUT2D eigenvalue weighted by molar-refractivity contribution is 6.06. The summed E-state index contributed by atoms with van der Waals surface area (Å²) in [4.78, 5) is 74.4. The molecule has 0 aliphatic heterocycles. The van der Waals surface area contributed by atoms with E-state index in [4.69, 9.17) is 11.5 Å². The van der Waals surface area contributed by atoms with Crippen LogP contribution < -0.4 is 43.4 Å². The zero-order valence-electron chi connectivity index (χ0n) is 28.3. The molecule has 0 bridgehead atoms. The molecule has 4 rings (SSSR count). The molecule has 18 nitrogen and oxygen atoms in total. The van der Waals surface area contributed by atoms with Gasteiger partial charge in [0.15, 0.2) is 0 Å². The van der Waals surface area contributed by atoms with Crippen LogP contribution >= 0.6 is 0 Å². The van der Waals surface area contributed by atoms with E-state index in [2.05, 4.69) is 31.9 Å². The Bertz CT molecular complexity index is 1780. The molecule has 0 fully saturated rings. The monoisotopic (exact) mass is 690 g/mol. The maximum atomic E-state index is 12.8. The minimum Gasteiger partial charge on any atom is -0.351 e. The lowest BCUT2D eigenvalue weighted by atomic mass is 10.3. The number of hydrogen-bond donors (Lipinski definition) is 8. The van der Waals surface area contributed by atoms with Crippen LogP contribution in [0.2, 0.25) is 0 Å². The molecule has 4 heterocycles. The first-order chi connectivity index (χ1) is 23.8. The van der Waals surface area contributed by atoms with Gasteiger partial charge >= 0.3 is 0 Å². The molecule has 266 valence electrons. The van der Waals surface area contributed by atoms with Gasteiger partial charge in [0.25, 0.3) is 23.6 Å². The summed E-state index contributed by atoms with van der Waals surface area (Å²) in [7, 11) is 6.71. The Balaban J connectivity index is 1.19.